The minimum atomic E-state index is -0.987. The first-order valence-electron chi connectivity index (χ1n) is 9.31. The minimum absolute atomic E-state index is 0.191. The Labute approximate surface area is 163 Å². The monoisotopic (exact) mass is 377 g/mol. The lowest BCUT2D eigenvalue weighted by Gasteiger charge is -2.25. The first kappa shape index (κ1) is 18.3. The number of fused-ring (bicyclic) bond motifs is 1. The summed E-state index contributed by atoms with van der Waals surface area (Å²) in [5.41, 5.74) is 7.97. The van der Waals surface area contributed by atoms with E-state index >= 15 is 0 Å². The van der Waals surface area contributed by atoms with Crippen molar-refractivity contribution in [2.75, 3.05) is 24.5 Å². The van der Waals surface area contributed by atoms with Crippen LogP contribution in [0.1, 0.15) is 22.3 Å². The van der Waals surface area contributed by atoms with Crippen molar-refractivity contribution >= 4 is 22.5 Å². The van der Waals surface area contributed by atoms with Crippen molar-refractivity contribution in [3.05, 3.63) is 66.1 Å². The summed E-state index contributed by atoms with van der Waals surface area (Å²) in [6.07, 6.45) is 5.84. The molecule has 1 unspecified atom stereocenters. The molecule has 0 aliphatic carbocycles. The molecular weight excluding hydrogens is 354 g/mol. The number of aliphatic hydroxyl groups is 1. The van der Waals surface area contributed by atoms with E-state index in [2.05, 4.69) is 20.2 Å². The fraction of sp³-hybridized carbons (Fsp3) is 0.286. The molecule has 0 spiro atoms. The Bertz CT molecular complexity index is 1000. The molecular formula is C21H23N5O2. The number of amides is 1. The van der Waals surface area contributed by atoms with Crippen LogP contribution in [-0.2, 0) is 6.54 Å². The number of aromatic nitrogens is 2. The lowest BCUT2D eigenvalue weighted by molar-refractivity contribution is 0.0576. The summed E-state index contributed by atoms with van der Waals surface area (Å²) in [4.78, 5) is 23.1. The van der Waals surface area contributed by atoms with Crippen LogP contribution >= 0.6 is 0 Å². The normalized spacial score (nSPS) is 19.1. The zero-order valence-corrected chi connectivity index (χ0v) is 15.5. The highest BCUT2D eigenvalue weighted by atomic mass is 16.3. The molecule has 1 saturated heterocycles. The number of hydrogen-bond donors (Lipinski definition) is 3. The van der Waals surface area contributed by atoms with Crippen molar-refractivity contribution in [3.8, 4) is 0 Å². The number of carbonyl (C=O) groups is 1. The van der Waals surface area contributed by atoms with Crippen molar-refractivity contribution in [2.45, 2.75) is 18.6 Å². The van der Waals surface area contributed by atoms with Gasteiger partial charge in [-0.05, 0) is 36.2 Å². The smallest absolute Gasteiger partial charge is 0.251 e. The van der Waals surface area contributed by atoms with Crippen LogP contribution in [0, 0.1) is 0 Å². The van der Waals surface area contributed by atoms with E-state index in [4.69, 9.17) is 5.73 Å². The molecule has 3 heterocycles. The predicted molar refractivity (Wildman–Crippen MR) is 108 cm³/mol. The van der Waals surface area contributed by atoms with Crippen molar-refractivity contribution < 1.29 is 9.90 Å². The number of rotatable bonds is 5. The van der Waals surface area contributed by atoms with E-state index in [-0.39, 0.29) is 12.5 Å². The van der Waals surface area contributed by atoms with Gasteiger partial charge in [0.15, 0.2) is 0 Å². The standard InChI is InChI=1S/C21H23N5O2/c22-11-15-2-1-3-16(10-15)20(27)25-13-21(28)6-9-26(14-21)19-5-8-24-18-4-7-23-12-17(18)19/h1-5,7-8,10,12,28H,6,9,11,13-14,22H2,(H,25,27). The molecule has 1 fully saturated rings. The Hall–Kier alpha value is -3.03. The van der Waals surface area contributed by atoms with Crippen LogP contribution in [0.3, 0.4) is 0 Å². The van der Waals surface area contributed by atoms with E-state index in [9.17, 15) is 9.90 Å². The Kier molecular flexibility index (Phi) is 4.93. The van der Waals surface area contributed by atoms with Crippen molar-refractivity contribution in [3.63, 3.8) is 0 Å². The van der Waals surface area contributed by atoms with Gasteiger partial charge in [-0.25, -0.2) is 0 Å². The maximum atomic E-state index is 12.4. The molecule has 0 saturated carbocycles. The largest absolute Gasteiger partial charge is 0.386 e. The molecule has 1 aliphatic rings. The van der Waals surface area contributed by atoms with Gasteiger partial charge in [0.05, 0.1) is 5.52 Å². The minimum Gasteiger partial charge on any atom is -0.386 e. The number of nitrogens with one attached hydrogen (secondary N) is 1. The average molecular weight is 377 g/mol. The molecule has 1 aromatic carbocycles. The first-order valence-corrected chi connectivity index (χ1v) is 9.31. The third-order valence-electron chi connectivity index (χ3n) is 5.20. The fourth-order valence-electron chi connectivity index (χ4n) is 3.64. The summed E-state index contributed by atoms with van der Waals surface area (Å²) in [5, 5.41) is 14.8. The van der Waals surface area contributed by atoms with Crippen molar-refractivity contribution in [2.24, 2.45) is 5.73 Å². The van der Waals surface area contributed by atoms with E-state index in [0.717, 1.165) is 22.2 Å². The molecule has 4 rings (SSSR count). The average Bonchev–Trinajstić information content (AvgIpc) is 3.14. The SMILES string of the molecule is NCc1cccc(C(=O)NCC2(O)CCN(c3ccnc4ccncc34)C2)c1. The van der Waals surface area contributed by atoms with Crippen molar-refractivity contribution in [1.29, 1.82) is 0 Å². The molecule has 3 aromatic rings. The Morgan fingerprint density at radius 2 is 2.18 bits per heavy atom. The van der Waals surface area contributed by atoms with Crippen LogP contribution < -0.4 is 16.0 Å². The van der Waals surface area contributed by atoms with Crippen LogP contribution in [0.15, 0.2) is 55.0 Å². The summed E-state index contributed by atoms with van der Waals surface area (Å²) in [5.74, 6) is -0.208. The summed E-state index contributed by atoms with van der Waals surface area (Å²) in [6, 6.07) is 11.0. The maximum Gasteiger partial charge on any atom is 0.251 e. The first-order chi connectivity index (χ1) is 13.6. The molecule has 0 radical (unpaired) electrons. The van der Waals surface area contributed by atoms with Gasteiger partial charge in [0.1, 0.15) is 5.60 Å². The van der Waals surface area contributed by atoms with Gasteiger partial charge in [-0.1, -0.05) is 12.1 Å². The van der Waals surface area contributed by atoms with Crippen LogP contribution in [0.2, 0.25) is 0 Å². The molecule has 4 N–H and O–H groups in total. The van der Waals surface area contributed by atoms with Gasteiger partial charge in [0, 0.05) is 61.4 Å². The number of carbonyl (C=O) groups excluding carboxylic acids is 1. The number of β-amino-alcohol motifs (C(OH)–C–C–N with tert-alkyl or cyclic N) is 1. The molecule has 1 atom stereocenters. The summed E-state index contributed by atoms with van der Waals surface area (Å²) in [7, 11) is 0. The third kappa shape index (κ3) is 3.67. The summed E-state index contributed by atoms with van der Waals surface area (Å²) < 4.78 is 0. The quantitative estimate of drug-likeness (QED) is 0.622. The second-order valence-corrected chi connectivity index (χ2v) is 7.21. The highest BCUT2D eigenvalue weighted by Crippen LogP contribution is 2.31. The van der Waals surface area contributed by atoms with E-state index in [1.807, 2.05) is 24.3 Å². The number of benzene rings is 1. The van der Waals surface area contributed by atoms with Crippen molar-refractivity contribution in [1.82, 2.24) is 15.3 Å². The number of pyridine rings is 2. The molecule has 1 aliphatic heterocycles. The number of nitrogens with zero attached hydrogens (tertiary/aromatic N) is 3. The molecule has 7 heteroatoms. The molecule has 7 nitrogen and oxygen atoms in total. The molecule has 0 bridgehead atoms. The van der Waals surface area contributed by atoms with Gasteiger partial charge in [-0.2, -0.15) is 0 Å². The summed E-state index contributed by atoms with van der Waals surface area (Å²) >= 11 is 0. The Balaban J connectivity index is 1.44. The highest BCUT2D eigenvalue weighted by molar-refractivity contribution is 5.94. The predicted octanol–water partition coefficient (Wildman–Crippen LogP) is 1.46. The second-order valence-electron chi connectivity index (χ2n) is 7.21. The zero-order valence-electron chi connectivity index (χ0n) is 15.5. The molecule has 28 heavy (non-hydrogen) atoms. The zero-order chi connectivity index (χ0) is 19.6. The van der Waals surface area contributed by atoms with E-state index < -0.39 is 5.60 Å². The van der Waals surface area contributed by atoms with Gasteiger partial charge in [-0.15, -0.1) is 0 Å². The van der Waals surface area contributed by atoms with Crippen LogP contribution in [0.4, 0.5) is 5.69 Å². The van der Waals surface area contributed by atoms with E-state index in [1.54, 1.807) is 30.7 Å². The molecule has 144 valence electrons. The Morgan fingerprint density at radius 3 is 3.04 bits per heavy atom. The lowest BCUT2D eigenvalue weighted by Crippen LogP contribution is -2.45. The van der Waals surface area contributed by atoms with Crippen LogP contribution in [0.5, 0.6) is 0 Å². The van der Waals surface area contributed by atoms with Gasteiger partial charge >= 0.3 is 0 Å². The van der Waals surface area contributed by atoms with Gasteiger partial charge in [-0.3, -0.25) is 14.8 Å². The third-order valence-corrected chi connectivity index (χ3v) is 5.20. The lowest BCUT2D eigenvalue weighted by atomic mass is 10.0. The van der Waals surface area contributed by atoms with Crippen LogP contribution in [-0.4, -0.2) is 46.2 Å². The number of nitrogens with two attached hydrogens (primary N) is 1. The highest BCUT2D eigenvalue weighted by Gasteiger charge is 2.37. The number of hydrogen-bond acceptors (Lipinski definition) is 6. The molecule has 1 amide bonds. The Morgan fingerprint density at radius 1 is 1.29 bits per heavy atom. The van der Waals surface area contributed by atoms with E-state index in [0.29, 0.717) is 31.6 Å². The maximum absolute atomic E-state index is 12.4. The van der Waals surface area contributed by atoms with Gasteiger partial charge in [0.2, 0.25) is 0 Å². The number of anilines is 1. The molecule has 2 aromatic heterocycles. The van der Waals surface area contributed by atoms with Gasteiger partial charge < -0.3 is 21.1 Å². The summed E-state index contributed by atoms with van der Waals surface area (Å²) in [6.45, 7) is 1.71. The van der Waals surface area contributed by atoms with Gasteiger partial charge in [0.25, 0.3) is 5.91 Å². The second kappa shape index (κ2) is 7.53. The van der Waals surface area contributed by atoms with E-state index in [1.165, 1.54) is 0 Å². The topological polar surface area (TPSA) is 104 Å². The van der Waals surface area contributed by atoms with Crippen LogP contribution in [0.25, 0.3) is 10.9 Å². The fourth-order valence-corrected chi connectivity index (χ4v) is 3.64.